The molecule has 5 atom stereocenters. The lowest BCUT2D eigenvalue weighted by atomic mass is 10.1. The minimum absolute atomic E-state index is 0.0492. The van der Waals surface area contributed by atoms with Crippen molar-refractivity contribution in [1.29, 1.82) is 0 Å². The van der Waals surface area contributed by atoms with E-state index in [1.54, 1.807) is 29.6 Å². The summed E-state index contributed by atoms with van der Waals surface area (Å²) in [6, 6.07) is 1.68. The zero-order valence-electron chi connectivity index (χ0n) is 42.3. The molecule has 1 amide bonds. The Kier molecular flexibility index (Phi) is 18.1. The molecule has 3 aromatic heterocycles. The molecule has 0 radical (unpaired) electrons. The van der Waals surface area contributed by atoms with Crippen LogP contribution in [-0.2, 0) is 64.8 Å². The average Bonchev–Trinajstić information content (AvgIpc) is 4.07. The van der Waals surface area contributed by atoms with Gasteiger partial charge < -0.3 is 46.9 Å². The number of ether oxygens (including phenoxy) is 8. The van der Waals surface area contributed by atoms with Gasteiger partial charge in [0.25, 0.3) is 0 Å². The van der Waals surface area contributed by atoms with E-state index in [0.29, 0.717) is 24.2 Å². The Hall–Kier alpha value is -2.52. The molecular formula is C43H75ClN9O12PSi2. The number of rotatable bonds is 25. The van der Waals surface area contributed by atoms with Crippen molar-refractivity contribution in [2.75, 3.05) is 51.1 Å². The van der Waals surface area contributed by atoms with Crippen molar-refractivity contribution in [3.63, 3.8) is 0 Å². The third-order valence-electron chi connectivity index (χ3n) is 11.5. The number of carbonyl (C=O) groups is 1. The Morgan fingerprint density at radius 1 is 0.941 bits per heavy atom. The van der Waals surface area contributed by atoms with Crippen LogP contribution in [0.4, 0.5) is 10.6 Å². The summed E-state index contributed by atoms with van der Waals surface area (Å²) in [5.41, 5.74) is -0.446. The molecule has 5 heterocycles. The number of aromatic nitrogens is 8. The highest BCUT2D eigenvalue weighted by atomic mass is 35.5. The SMILES string of the molecule is CCOP(=O)(OCC)[C@](COCC[Si](C)(C)C)(COCc1nnn(COCC[Si](C)(C)C)n1)OC[C@H]1O[C@@H](n2ncc3c(N(C(=O)OC(C)(C)C)C4CCCC4)nc(Cl)nc32)[C@@H]2OC(C)(C)O[C@@H]21. The van der Waals surface area contributed by atoms with Crippen molar-refractivity contribution in [3.8, 4) is 0 Å². The molecule has 0 unspecified atom stereocenters. The van der Waals surface area contributed by atoms with Crippen LogP contribution in [0, 0.1) is 0 Å². The maximum Gasteiger partial charge on any atom is 0.416 e. The van der Waals surface area contributed by atoms with Crippen molar-refractivity contribution in [1.82, 2.24) is 40.0 Å². The molecule has 2 aliphatic heterocycles. The molecule has 3 aliphatic rings. The lowest BCUT2D eigenvalue weighted by Gasteiger charge is -2.39. The monoisotopic (exact) mass is 1030 g/mol. The van der Waals surface area contributed by atoms with Crippen LogP contribution in [-0.4, -0.2) is 150 Å². The fourth-order valence-corrected chi connectivity index (χ4v) is 11.8. The number of halogens is 1. The predicted molar refractivity (Wildman–Crippen MR) is 259 cm³/mol. The smallest absolute Gasteiger partial charge is 0.416 e. The Bertz CT molecular complexity index is 2170. The number of hydrogen-bond acceptors (Lipinski definition) is 18. The van der Waals surface area contributed by atoms with Gasteiger partial charge in [-0.15, -0.1) is 15.0 Å². The normalized spacial score (nSPS) is 22.3. The summed E-state index contributed by atoms with van der Waals surface area (Å²) in [5, 5.41) is 16.1. The van der Waals surface area contributed by atoms with Gasteiger partial charge in [0.1, 0.15) is 30.5 Å². The highest BCUT2D eigenvalue weighted by molar-refractivity contribution is 7.55. The topological polar surface area (TPSA) is 217 Å². The fourth-order valence-electron chi connectivity index (χ4n) is 8.16. The standard InChI is InChI=1S/C43H75ClN9O12PSi2/c1-14-60-66(55,61-15-2)43(27-56-20-22-67(8,9)10,28-58-26-33-48-50-51(49-33)29-57-21-23-68(11,12)13)59-25-32-34-35(64-42(6,7)63-34)38(62-32)53-37-31(24-45-53)36(46-39(44)47-37)52(30-18-16-17-19-30)40(54)65-41(3,4)5/h24,30,32,34-35,38H,14-23,25-29H2,1-13H3/t32-,34-,35-,38-,43-/m1/s1. The summed E-state index contributed by atoms with van der Waals surface area (Å²) >= 11 is 6.68. The van der Waals surface area contributed by atoms with Gasteiger partial charge in [0, 0.05) is 35.4 Å². The summed E-state index contributed by atoms with van der Waals surface area (Å²) in [5.74, 6) is -0.465. The summed E-state index contributed by atoms with van der Waals surface area (Å²) in [4.78, 5) is 26.0. The number of amides is 1. The van der Waals surface area contributed by atoms with Gasteiger partial charge in [-0.1, -0.05) is 52.1 Å². The van der Waals surface area contributed by atoms with Gasteiger partial charge in [-0.25, -0.2) is 9.48 Å². The van der Waals surface area contributed by atoms with E-state index in [4.69, 9.17) is 63.6 Å². The molecule has 21 nitrogen and oxygen atoms in total. The molecule has 0 N–H and O–H groups in total. The summed E-state index contributed by atoms with van der Waals surface area (Å²) in [6.45, 7) is 26.6. The number of nitrogens with zero attached hydrogens (tertiary/aromatic N) is 9. The van der Waals surface area contributed by atoms with Gasteiger partial charge in [0.2, 0.25) is 10.6 Å². The molecule has 0 bridgehead atoms. The van der Waals surface area contributed by atoms with Crippen LogP contribution < -0.4 is 4.90 Å². The largest absolute Gasteiger partial charge is 0.443 e. The first-order chi connectivity index (χ1) is 31.9. The number of fused-ring (bicyclic) bond motifs is 2. The summed E-state index contributed by atoms with van der Waals surface area (Å²) in [7, 11) is -7.02. The molecule has 25 heteroatoms. The molecule has 6 rings (SSSR count). The first kappa shape index (κ1) is 54.8. The zero-order valence-corrected chi connectivity index (χ0v) is 46.0. The van der Waals surface area contributed by atoms with E-state index in [9.17, 15) is 4.79 Å². The molecule has 0 spiro atoms. The molecule has 3 fully saturated rings. The number of anilines is 1. The van der Waals surface area contributed by atoms with Crippen molar-refractivity contribution < 1.29 is 56.3 Å². The Labute approximate surface area is 407 Å². The molecule has 0 aromatic carbocycles. The van der Waals surface area contributed by atoms with E-state index in [0.717, 1.165) is 37.8 Å². The van der Waals surface area contributed by atoms with E-state index in [1.807, 2.05) is 34.6 Å². The van der Waals surface area contributed by atoms with E-state index >= 15 is 4.57 Å². The van der Waals surface area contributed by atoms with Crippen molar-refractivity contribution in [2.45, 2.75) is 186 Å². The third kappa shape index (κ3) is 14.1. The maximum absolute atomic E-state index is 15.2. The second-order valence-corrected chi connectivity index (χ2v) is 35.3. The molecule has 3 aromatic rings. The highest BCUT2D eigenvalue weighted by Crippen LogP contribution is 2.61. The van der Waals surface area contributed by atoms with E-state index in [1.165, 1.54) is 4.80 Å². The van der Waals surface area contributed by atoms with Gasteiger partial charge in [0.15, 0.2) is 36.0 Å². The first-order valence-corrected chi connectivity index (χ1v) is 33.2. The van der Waals surface area contributed by atoms with Crippen LogP contribution in [0.15, 0.2) is 6.20 Å². The van der Waals surface area contributed by atoms with Crippen molar-refractivity contribution in [3.05, 3.63) is 17.3 Å². The minimum atomic E-state index is -4.21. The minimum Gasteiger partial charge on any atom is -0.443 e. The number of tetrazole rings is 1. The van der Waals surface area contributed by atoms with E-state index < -0.39 is 71.1 Å². The molecule has 1 saturated carbocycles. The Morgan fingerprint density at radius 2 is 1.57 bits per heavy atom. The van der Waals surface area contributed by atoms with Gasteiger partial charge in [-0.05, 0) is 90.2 Å². The van der Waals surface area contributed by atoms with Crippen molar-refractivity contribution in [2.24, 2.45) is 0 Å². The maximum atomic E-state index is 15.2. The van der Waals surface area contributed by atoms with Crippen LogP contribution in [0.3, 0.4) is 0 Å². The van der Waals surface area contributed by atoms with E-state index in [-0.39, 0.29) is 69.3 Å². The van der Waals surface area contributed by atoms with Gasteiger partial charge in [-0.3, -0.25) is 9.46 Å². The van der Waals surface area contributed by atoms with E-state index in [2.05, 4.69) is 64.7 Å². The first-order valence-electron chi connectivity index (χ1n) is 23.8. The van der Waals surface area contributed by atoms with Gasteiger partial charge in [-0.2, -0.15) is 15.1 Å². The predicted octanol–water partition coefficient (Wildman–Crippen LogP) is 8.43. The fraction of sp³-hybridized carbons (Fsp3) is 0.837. The molecule has 68 heavy (non-hydrogen) atoms. The van der Waals surface area contributed by atoms with Crippen LogP contribution >= 0.6 is 19.2 Å². The second kappa shape index (κ2) is 22.5. The van der Waals surface area contributed by atoms with Crippen molar-refractivity contribution >= 4 is 58.3 Å². The van der Waals surface area contributed by atoms with Crippen LogP contribution in [0.1, 0.15) is 86.2 Å². The average molecular weight is 1030 g/mol. The van der Waals surface area contributed by atoms with Gasteiger partial charge in [0.05, 0.1) is 44.6 Å². The lowest BCUT2D eigenvalue weighted by Crippen LogP contribution is -2.47. The molecule has 1 aliphatic carbocycles. The number of carbonyl (C=O) groups excluding carboxylic acids is 1. The van der Waals surface area contributed by atoms with Crippen LogP contribution in [0.5, 0.6) is 0 Å². The van der Waals surface area contributed by atoms with Crippen LogP contribution in [0.2, 0.25) is 56.7 Å². The van der Waals surface area contributed by atoms with Gasteiger partial charge >= 0.3 is 13.7 Å². The Morgan fingerprint density at radius 3 is 2.21 bits per heavy atom. The molecular weight excluding hydrogens is 957 g/mol. The number of hydrogen-bond donors (Lipinski definition) is 0. The highest BCUT2D eigenvalue weighted by Gasteiger charge is 2.59. The quantitative estimate of drug-likeness (QED) is 0.0337. The second-order valence-electron chi connectivity index (χ2n) is 21.4. The summed E-state index contributed by atoms with van der Waals surface area (Å²) in [6.07, 6.45) is 1.32. The summed E-state index contributed by atoms with van der Waals surface area (Å²) < 4.78 is 79.8. The Balaban J connectivity index is 1.30. The zero-order chi connectivity index (χ0) is 49.7. The lowest BCUT2D eigenvalue weighted by molar-refractivity contribution is -0.209. The third-order valence-corrected chi connectivity index (χ3v) is 17.6. The molecule has 2 saturated heterocycles. The van der Waals surface area contributed by atoms with Crippen LogP contribution in [0.25, 0.3) is 11.0 Å². The molecule has 384 valence electrons.